The summed E-state index contributed by atoms with van der Waals surface area (Å²) in [4.78, 5) is 11.9. The summed E-state index contributed by atoms with van der Waals surface area (Å²) in [5, 5.41) is 22.1. The molecule has 0 spiro atoms. The SMILES string of the molecule is O=C(Cc1ccc(O)cc1Cl)NCC1CCCC(O)C1. The van der Waals surface area contributed by atoms with Crippen LogP contribution in [0.15, 0.2) is 18.2 Å². The lowest BCUT2D eigenvalue weighted by atomic mass is 9.87. The molecule has 2 rings (SSSR count). The maximum absolute atomic E-state index is 11.9. The summed E-state index contributed by atoms with van der Waals surface area (Å²) in [6.45, 7) is 0.603. The second-order valence-corrected chi connectivity index (χ2v) is 5.85. The number of hydrogen-bond acceptors (Lipinski definition) is 3. The van der Waals surface area contributed by atoms with Crippen LogP contribution in [0.1, 0.15) is 31.2 Å². The van der Waals surface area contributed by atoms with E-state index in [0.717, 1.165) is 25.7 Å². The number of halogens is 1. The third-order valence-electron chi connectivity index (χ3n) is 3.73. The first-order valence-corrected chi connectivity index (χ1v) is 7.34. The smallest absolute Gasteiger partial charge is 0.224 e. The predicted molar refractivity (Wildman–Crippen MR) is 77.8 cm³/mol. The lowest BCUT2D eigenvalue weighted by Crippen LogP contribution is -2.33. The fraction of sp³-hybridized carbons (Fsp3) is 0.533. The van der Waals surface area contributed by atoms with Gasteiger partial charge in [0, 0.05) is 11.6 Å². The molecule has 1 aliphatic carbocycles. The molecule has 1 fully saturated rings. The number of phenols is 1. The molecule has 1 aliphatic rings. The van der Waals surface area contributed by atoms with Crippen molar-refractivity contribution >= 4 is 17.5 Å². The van der Waals surface area contributed by atoms with Crippen LogP contribution in [0.25, 0.3) is 0 Å². The Balaban J connectivity index is 1.80. The van der Waals surface area contributed by atoms with Gasteiger partial charge in [0.25, 0.3) is 0 Å². The van der Waals surface area contributed by atoms with E-state index in [9.17, 15) is 15.0 Å². The lowest BCUT2D eigenvalue weighted by molar-refractivity contribution is -0.120. The van der Waals surface area contributed by atoms with Crippen molar-refractivity contribution in [1.29, 1.82) is 0 Å². The molecule has 4 nitrogen and oxygen atoms in total. The van der Waals surface area contributed by atoms with Gasteiger partial charge in [-0.3, -0.25) is 4.79 Å². The topological polar surface area (TPSA) is 69.6 Å². The fourth-order valence-electron chi connectivity index (χ4n) is 2.62. The first kappa shape index (κ1) is 15.1. The number of rotatable bonds is 4. The number of carbonyl (C=O) groups excluding carboxylic acids is 1. The number of aliphatic hydroxyl groups excluding tert-OH is 1. The van der Waals surface area contributed by atoms with Gasteiger partial charge in [-0.2, -0.15) is 0 Å². The van der Waals surface area contributed by atoms with Crippen LogP contribution in [-0.2, 0) is 11.2 Å². The van der Waals surface area contributed by atoms with Gasteiger partial charge in [0.05, 0.1) is 12.5 Å². The molecule has 110 valence electrons. The number of benzene rings is 1. The van der Waals surface area contributed by atoms with E-state index in [1.54, 1.807) is 6.07 Å². The van der Waals surface area contributed by atoms with Crippen molar-refractivity contribution in [3.63, 3.8) is 0 Å². The molecule has 1 aromatic carbocycles. The van der Waals surface area contributed by atoms with Crippen molar-refractivity contribution in [2.24, 2.45) is 5.92 Å². The van der Waals surface area contributed by atoms with Crippen LogP contribution in [0.3, 0.4) is 0 Å². The van der Waals surface area contributed by atoms with Crippen molar-refractivity contribution in [2.75, 3.05) is 6.54 Å². The number of aliphatic hydroxyl groups is 1. The summed E-state index contributed by atoms with van der Waals surface area (Å²) < 4.78 is 0. The van der Waals surface area contributed by atoms with Gasteiger partial charge in [-0.25, -0.2) is 0 Å². The zero-order chi connectivity index (χ0) is 14.5. The van der Waals surface area contributed by atoms with Gasteiger partial charge in [0.1, 0.15) is 5.75 Å². The average Bonchev–Trinajstić information content (AvgIpc) is 2.40. The summed E-state index contributed by atoms with van der Waals surface area (Å²) in [5.41, 5.74) is 0.700. The molecule has 5 heteroatoms. The third-order valence-corrected chi connectivity index (χ3v) is 4.08. The highest BCUT2D eigenvalue weighted by Crippen LogP contribution is 2.24. The summed E-state index contributed by atoms with van der Waals surface area (Å²) in [5.74, 6) is 0.367. The van der Waals surface area contributed by atoms with Crippen molar-refractivity contribution in [3.8, 4) is 5.75 Å². The van der Waals surface area contributed by atoms with E-state index in [-0.39, 0.29) is 24.2 Å². The molecule has 2 unspecified atom stereocenters. The maximum atomic E-state index is 11.9. The molecule has 0 radical (unpaired) electrons. The number of amides is 1. The first-order valence-electron chi connectivity index (χ1n) is 6.96. The number of hydrogen-bond donors (Lipinski definition) is 3. The summed E-state index contributed by atoms with van der Waals surface area (Å²) in [6.07, 6.45) is 3.68. The van der Waals surface area contributed by atoms with Crippen LogP contribution >= 0.6 is 11.6 Å². The Morgan fingerprint density at radius 3 is 2.90 bits per heavy atom. The van der Waals surface area contributed by atoms with Crippen LogP contribution in [0.4, 0.5) is 0 Å². The Hall–Kier alpha value is -1.26. The molecule has 20 heavy (non-hydrogen) atoms. The fourth-order valence-corrected chi connectivity index (χ4v) is 2.86. The minimum Gasteiger partial charge on any atom is -0.508 e. The Labute approximate surface area is 123 Å². The van der Waals surface area contributed by atoms with Crippen molar-refractivity contribution in [2.45, 2.75) is 38.2 Å². The average molecular weight is 298 g/mol. The van der Waals surface area contributed by atoms with Gasteiger partial charge >= 0.3 is 0 Å². The predicted octanol–water partition coefficient (Wildman–Crippen LogP) is 2.26. The number of phenolic OH excluding ortho intramolecular Hbond substituents is 1. The highest BCUT2D eigenvalue weighted by Gasteiger charge is 2.20. The summed E-state index contributed by atoms with van der Waals surface area (Å²) >= 11 is 5.97. The monoisotopic (exact) mass is 297 g/mol. The minimum absolute atomic E-state index is 0.0855. The summed E-state index contributed by atoms with van der Waals surface area (Å²) in [7, 11) is 0. The molecule has 2 atom stereocenters. The van der Waals surface area contributed by atoms with Crippen molar-refractivity contribution in [1.82, 2.24) is 5.32 Å². The zero-order valence-corrected chi connectivity index (χ0v) is 12.1. The minimum atomic E-state index is -0.225. The molecule has 0 saturated heterocycles. The molecule has 3 N–H and O–H groups in total. The van der Waals surface area contributed by atoms with Gasteiger partial charge in [-0.05, 0) is 42.9 Å². The van der Waals surface area contributed by atoms with Gasteiger partial charge < -0.3 is 15.5 Å². The van der Waals surface area contributed by atoms with E-state index >= 15 is 0 Å². The molecule has 1 amide bonds. The van der Waals surface area contributed by atoms with E-state index < -0.39 is 0 Å². The number of carbonyl (C=O) groups is 1. The zero-order valence-electron chi connectivity index (χ0n) is 11.3. The van der Waals surface area contributed by atoms with Crippen LogP contribution in [0, 0.1) is 5.92 Å². The standard InChI is InChI=1S/C15H20ClNO3/c16-14-8-13(19)5-4-11(14)7-15(20)17-9-10-2-1-3-12(18)6-10/h4-5,8,10,12,18-19H,1-3,6-7,9H2,(H,17,20). The van der Waals surface area contributed by atoms with Crippen LogP contribution < -0.4 is 5.32 Å². The molecule has 1 saturated carbocycles. The Morgan fingerprint density at radius 1 is 1.40 bits per heavy atom. The van der Waals surface area contributed by atoms with E-state index in [0.29, 0.717) is 23.0 Å². The van der Waals surface area contributed by atoms with E-state index in [1.165, 1.54) is 12.1 Å². The van der Waals surface area contributed by atoms with Gasteiger partial charge in [0.2, 0.25) is 5.91 Å². The summed E-state index contributed by atoms with van der Waals surface area (Å²) in [6, 6.07) is 4.61. The second-order valence-electron chi connectivity index (χ2n) is 5.44. The Kier molecular flexibility index (Phi) is 5.26. The van der Waals surface area contributed by atoms with Gasteiger partial charge in [-0.15, -0.1) is 0 Å². The van der Waals surface area contributed by atoms with Crippen LogP contribution in [0.5, 0.6) is 5.75 Å². The van der Waals surface area contributed by atoms with E-state index in [1.807, 2.05) is 0 Å². The number of aromatic hydroxyl groups is 1. The van der Waals surface area contributed by atoms with Crippen molar-refractivity contribution < 1.29 is 15.0 Å². The van der Waals surface area contributed by atoms with E-state index in [2.05, 4.69) is 5.32 Å². The highest BCUT2D eigenvalue weighted by atomic mass is 35.5. The maximum Gasteiger partial charge on any atom is 0.224 e. The molecular weight excluding hydrogens is 278 g/mol. The molecular formula is C15H20ClNO3. The second kappa shape index (κ2) is 6.95. The van der Waals surface area contributed by atoms with Gasteiger partial charge in [0.15, 0.2) is 0 Å². The molecule has 1 aromatic rings. The lowest BCUT2D eigenvalue weighted by Gasteiger charge is -2.25. The van der Waals surface area contributed by atoms with Gasteiger partial charge in [-0.1, -0.05) is 24.1 Å². The molecule has 0 aliphatic heterocycles. The third kappa shape index (κ3) is 4.39. The first-order chi connectivity index (χ1) is 9.54. The van der Waals surface area contributed by atoms with E-state index in [4.69, 9.17) is 11.6 Å². The molecule has 0 aromatic heterocycles. The quantitative estimate of drug-likeness (QED) is 0.798. The molecule has 0 bridgehead atoms. The highest BCUT2D eigenvalue weighted by molar-refractivity contribution is 6.31. The van der Waals surface area contributed by atoms with Crippen LogP contribution in [-0.4, -0.2) is 28.8 Å². The molecule has 0 heterocycles. The van der Waals surface area contributed by atoms with Crippen molar-refractivity contribution in [3.05, 3.63) is 28.8 Å². The normalized spacial score (nSPS) is 22.5. The van der Waals surface area contributed by atoms with Crippen LogP contribution in [0.2, 0.25) is 5.02 Å². The Bertz CT molecular complexity index is 478. The largest absolute Gasteiger partial charge is 0.508 e. The Morgan fingerprint density at radius 2 is 2.20 bits per heavy atom. The number of nitrogens with one attached hydrogen (secondary N) is 1.